The second-order valence-electron chi connectivity index (χ2n) is 10.9. The van der Waals surface area contributed by atoms with E-state index in [4.69, 9.17) is 9.84 Å². The van der Waals surface area contributed by atoms with Crippen molar-refractivity contribution >= 4 is 11.8 Å². The van der Waals surface area contributed by atoms with Gasteiger partial charge in [0, 0.05) is 68.6 Å². The molecule has 1 aliphatic carbocycles. The number of hydrogen-bond acceptors (Lipinski definition) is 6. The zero-order chi connectivity index (χ0) is 28.3. The number of para-hydroxylation sites is 1. The van der Waals surface area contributed by atoms with E-state index in [1.807, 2.05) is 62.7 Å². The van der Waals surface area contributed by atoms with Crippen LogP contribution in [-0.4, -0.2) is 69.9 Å². The van der Waals surface area contributed by atoms with Crippen molar-refractivity contribution in [3.63, 3.8) is 0 Å². The van der Waals surface area contributed by atoms with Gasteiger partial charge in [-0.2, -0.15) is 15.5 Å². The van der Waals surface area contributed by atoms with Crippen LogP contribution in [-0.2, 0) is 11.8 Å². The van der Waals surface area contributed by atoms with Crippen LogP contribution < -0.4 is 10.6 Å². The zero-order valence-corrected chi connectivity index (χ0v) is 23.5. The lowest BCUT2D eigenvalue weighted by Gasteiger charge is -2.37. The maximum Gasteiger partial charge on any atom is 0.320 e. The first-order valence-electron chi connectivity index (χ1n) is 13.5. The number of allylic oxidation sites excluding steroid dienone is 4. The minimum Gasteiger partial charge on any atom is -0.383 e. The number of ether oxygens (including phenoxy) is 1. The van der Waals surface area contributed by atoms with Gasteiger partial charge in [-0.3, -0.25) is 14.9 Å². The molecule has 1 aromatic carbocycles. The van der Waals surface area contributed by atoms with Crippen molar-refractivity contribution in [2.24, 2.45) is 18.4 Å². The molecule has 2 amide bonds. The third-order valence-electron chi connectivity index (χ3n) is 8.04. The van der Waals surface area contributed by atoms with E-state index in [0.717, 1.165) is 48.6 Å². The van der Waals surface area contributed by atoms with Gasteiger partial charge >= 0.3 is 6.03 Å². The lowest BCUT2D eigenvalue weighted by molar-refractivity contribution is 0.153. The molecular weight excluding hydrogens is 504 g/mol. The molecule has 0 spiro atoms. The van der Waals surface area contributed by atoms with Crippen molar-refractivity contribution in [2.75, 3.05) is 38.7 Å². The molecular formula is C30H36N8O2. The molecule has 2 aliphatic rings. The van der Waals surface area contributed by atoms with E-state index in [9.17, 15) is 10.1 Å². The Hall–Kier alpha value is -4.20. The van der Waals surface area contributed by atoms with E-state index in [1.165, 1.54) is 0 Å². The van der Waals surface area contributed by atoms with Crippen LogP contribution in [0.15, 0.2) is 66.5 Å². The summed E-state index contributed by atoms with van der Waals surface area (Å²) in [6.45, 7) is 7.14. The maximum atomic E-state index is 13.6. The summed E-state index contributed by atoms with van der Waals surface area (Å²) in [5.74, 6) is 0.771. The second kappa shape index (κ2) is 11.5. The number of aryl methyl sites for hydroxylation is 1. The number of anilines is 1. The fourth-order valence-electron chi connectivity index (χ4n) is 5.74. The predicted octanol–water partition coefficient (Wildman–Crippen LogP) is 4.07. The van der Waals surface area contributed by atoms with Crippen LogP contribution in [0.2, 0.25) is 0 Å². The van der Waals surface area contributed by atoms with Gasteiger partial charge in [-0.05, 0) is 37.0 Å². The molecule has 1 unspecified atom stereocenters. The molecule has 5 rings (SSSR count). The number of likely N-dealkylation sites (tertiary alicyclic amines) is 1. The Bertz CT molecular complexity index is 1460. The molecule has 2 N–H and O–H groups in total. The molecule has 0 radical (unpaired) electrons. The lowest BCUT2D eigenvalue weighted by Crippen LogP contribution is -2.47. The van der Waals surface area contributed by atoms with Gasteiger partial charge in [0.15, 0.2) is 0 Å². The number of carbonyl (C=O) groups is 1. The second-order valence-corrected chi connectivity index (χ2v) is 10.9. The van der Waals surface area contributed by atoms with Crippen molar-refractivity contribution in [1.29, 1.82) is 5.26 Å². The van der Waals surface area contributed by atoms with Crippen LogP contribution >= 0.6 is 0 Å². The van der Waals surface area contributed by atoms with Gasteiger partial charge < -0.3 is 10.1 Å². The molecule has 10 heteroatoms. The van der Waals surface area contributed by atoms with Crippen molar-refractivity contribution in [2.45, 2.75) is 26.3 Å². The van der Waals surface area contributed by atoms with Gasteiger partial charge in [0.2, 0.25) is 0 Å². The first-order chi connectivity index (χ1) is 19.3. The Morgan fingerprint density at radius 3 is 2.73 bits per heavy atom. The molecule has 0 bridgehead atoms. The Balaban J connectivity index is 1.40. The molecule has 0 saturated carbocycles. The van der Waals surface area contributed by atoms with Gasteiger partial charge in [0.25, 0.3) is 0 Å². The van der Waals surface area contributed by atoms with Crippen LogP contribution in [0.25, 0.3) is 16.9 Å². The van der Waals surface area contributed by atoms with Crippen LogP contribution in [0.3, 0.4) is 0 Å². The van der Waals surface area contributed by atoms with Crippen molar-refractivity contribution in [1.82, 2.24) is 29.8 Å². The number of urea groups is 1. The zero-order valence-electron chi connectivity index (χ0n) is 23.5. The Kier molecular flexibility index (Phi) is 7.87. The highest BCUT2D eigenvalue weighted by atomic mass is 16.5. The third kappa shape index (κ3) is 5.57. The number of nitriles is 1. The maximum absolute atomic E-state index is 13.6. The van der Waals surface area contributed by atoms with Crippen LogP contribution in [0.1, 0.15) is 18.9 Å². The number of carbonyl (C=O) groups excluding carboxylic acids is 1. The molecule has 3 heterocycles. The molecule has 40 heavy (non-hydrogen) atoms. The molecule has 1 aliphatic heterocycles. The summed E-state index contributed by atoms with van der Waals surface area (Å²) in [4.78, 5) is 15.9. The predicted molar refractivity (Wildman–Crippen MR) is 154 cm³/mol. The number of nitrogens with zero attached hydrogens (tertiary/aromatic N) is 6. The SMILES string of the molecule is COCCN1C[C@@H](C2(C)C=CC(C#N)=CC2)[C@H](NC(=O)Nc2c(C)c(-c3cnn(C)c3)nn2-c2ccccc2)C1. The largest absolute Gasteiger partial charge is 0.383 e. The Morgan fingerprint density at radius 1 is 1.27 bits per heavy atom. The summed E-state index contributed by atoms with van der Waals surface area (Å²) in [5, 5.41) is 24.9. The summed E-state index contributed by atoms with van der Waals surface area (Å²) >= 11 is 0. The smallest absolute Gasteiger partial charge is 0.320 e. The highest BCUT2D eigenvalue weighted by Crippen LogP contribution is 2.42. The van der Waals surface area contributed by atoms with Gasteiger partial charge in [0.1, 0.15) is 11.5 Å². The van der Waals surface area contributed by atoms with Crippen LogP contribution in [0, 0.1) is 29.6 Å². The van der Waals surface area contributed by atoms with Gasteiger partial charge in [-0.1, -0.05) is 37.3 Å². The topological polar surface area (TPSA) is 113 Å². The number of nitrogens with one attached hydrogen (secondary N) is 2. The normalized spacial score (nSPS) is 22.6. The summed E-state index contributed by atoms with van der Waals surface area (Å²) in [6.07, 6.45) is 10.5. The summed E-state index contributed by atoms with van der Waals surface area (Å²) < 4.78 is 8.83. The van der Waals surface area contributed by atoms with E-state index >= 15 is 0 Å². The van der Waals surface area contributed by atoms with Gasteiger partial charge in [-0.25, -0.2) is 9.48 Å². The quantitative estimate of drug-likeness (QED) is 0.446. The first kappa shape index (κ1) is 27.4. The lowest BCUT2D eigenvalue weighted by atomic mass is 9.70. The molecule has 1 saturated heterocycles. The number of amides is 2. The van der Waals surface area contributed by atoms with E-state index in [0.29, 0.717) is 18.0 Å². The van der Waals surface area contributed by atoms with E-state index in [1.54, 1.807) is 22.7 Å². The summed E-state index contributed by atoms with van der Waals surface area (Å²) in [5.41, 5.74) is 3.84. The van der Waals surface area contributed by atoms with Crippen molar-refractivity contribution in [3.05, 3.63) is 72.1 Å². The Morgan fingerprint density at radius 2 is 2.08 bits per heavy atom. The summed E-state index contributed by atoms with van der Waals surface area (Å²) in [6, 6.07) is 11.6. The number of rotatable bonds is 8. The molecule has 2 aromatic heterocycles. The highest BCUT2D eigenvalue weighted by Gasteiger charge is 2.44. The molecule has 1 fully saturated rings. The van der Waals surface area contributed by atoms with Crippen LogP contribution in [0.5, 0.6) is 0 Å². The number of hydrogen-bond donors (Lipinski definition) is 2. The van der Waals surface area contributed by atoms with Gasteiger partial charge in [-0.15, -0.1) is 0 Å². The van der Waals surface area contributed by atoms with Crippen LogP contribution in [0.4, 0.5) is 10.6 Å². The van der Waals surface area contributed by atoms with Gasteiger partial charge in [0.05, 0.1) is 24.6 Å². The standard InChI is InChI=1S/C30H36N8O2/c1-21-27(23-17-32-36(3)18-23)35-38(24-8-6-5-7-9-24)28(21)34-29(39)33-26-20-37(14-15-40-4)19-25(26)30(2)12-10-22(16-31)11-13-30/h5-12,17-18,25-26H,13-15,19-20H2,1-4H3,(H2,33,34,39)/t25-,26-,30?/m1/s1. The molecule has 208 valence electrons. The van der Waals surface area contributed by atoms with E-state index in [2.05, 4.69) is 39.7 Å². The van der Waals surface area contributed by atoms with E-state index in [-0.39, 0.29) is 23.4 Å². The monoisotopic (exact) mass is 540 g/mol. The number of aromatic nitrogens is 4. The van der Waals surface area contributed by atoms with Crippen molar-refractivity contribution in [3.8, 4) is 23.0 Å². The van der Waals surface area contributed by atoms with Crippen molar-refractivity contribution < 1.29 is 9.53 Å². The minimum absolute atomic E-state index is 0.0882. The highest BCUT2D eigenvalue weighted by molar-refractivity contribution is 5.91. The summed E-state index contributed by atoms with van der Waals surface area (Å²) in [7, 11) is 3.57. The Labute approximate surface area is 234 Å². The average Bonchev–Trinajstić information content (AvgIpc) is 3.66. The molecule has 3 aromatic rings. The minimum atomic E-state index is -0.279. The molecule has 3 atom stereocenters. The number of methoxy groups -OCH3 is 1. The molecule has 10 nitrogen and oxygen atoms in total. The fraction of sp³-hybridized carbons (Fsp3) is 0.400. The van der Waals surface area contributed by atoms with E-state index < -0.39 is 0 Å². The number of benzene rings is 1. The first-order valence-corrected chi connectivity index (χ1v) is 13.5. The third-order valence-corrected chi connectivity index (χ3v) is 8.04. The average molecular weight is 541 g/mol. The fourth-order valence-corrected chi connectivity index (χ4v) is 5.74.